The van der Waals surface area contributed by atoms with Crippen molar-refractivity contribution < 1.29 is 87.5 Å². The van der Waals surface area contributed by atoms with Crippen molar-refractivity contribution >= 4 is 35.1 Å². The van der Waals surface area contributed by atoms with Crippen molar-refractivity contribution in [2.75, 3.05) is 32.0 Å². The Kier molecular flexibility index (Phi) is 16.0. The number of halogens is 8. The Morgan fingerprint density at radius 2 is 0.957 bits per heavy atom. The van der Waals surface area contributed by atoms with Crippen LogP contribution in [0.5, 0.6) is 46.0 Å². The third-order valence-corrected chi connectivity index (χ3v) is 8.71. The molecule has 0 aliphatic heterocycles. The molecular formula is C43H33F8N7O11. The summed E-state index contributed by atoms with van der Waals surface area (Å²) in [5, 5.41) is 4.91. The number of esters is 1. The number of carbonyl (C=O) groups is 4. The second-order valence-electron chi connectivity index (χ2n) is 13.4. The van der Waals surface area contributed by atoms with Crippen LogP contribution < -0.4 is 44.8 Å². The molecule has 0 bridgehead atoms. The lowest BCUT2D eigenvalue weighted by Crippen LogP contribution is -2.18. The number of amides is 3. The average Bonchev–Trinajstić information content (AvgIpc) is 3.27. The van der Waals surface area contributed by atoms with Crippen molar-refractivity contribution in [3.63, 3.8) is 0 Å². The fourth-order valence-corrected chi connectivity index (χ4v) is 5.56. The zero-order chi connectivity index (χ0) is 50.8. The fraction of sp³-hybridized carbons (Fsp3) is 0.163. The van der Waals surface area contributed by atoms with E-state index in [1.165, 1.54) is 38.7 Å². The Morgan fingerprint density at radius 3 is 1.33 bits per heavy atom. The molecule has 6 aromatic rings. The van der Waals surface area contributed by atoms with E-state index in [1.54, 1.807) is 13.8 Å². The van der Waals surface area contributed by atoms with E-state index < -0.39 is 70.7 Å². The standard InChI is InChI=1S/C22H17F4N3O6.C21H16F4N4O5/c1-11-8-28-15(21(31)33-3)7-14(11)29-20(30)19-13(23)9-27-10-18(19)34-16-5-4-12(6-17(16)32-2)35-22(24,25)26;1-10-7-28-14(19(26)30)6-13(10)29-20(31)18-12(22)8-27-9-17(18)33-15-4-3-11(5-16(15)32-2)34-21(23,24)25/h4-10H,1-3H3,(H,28,29,30);3-9H,1-2H3,(H2,26,30)(H,28,29,31). The van der Waals surface area contributed by atoms with Crippen molar-refractivity contribution in [3.8, 4) is 46.0 Å². The molecule has 18 nitrogen and oxygen atoms in total. The largest absolute Gasteiger partial charge is 0.573 e. The molecule has 0 atom stereocenters. The Labute approximate surface area is 383 Å². The Balaban J connectivity index is 0.000000258. The van der Waals surface area contributed by atoms with Crippen LogP contribution in [-0.2, 0) is 4.74 Å². The van der Waals surface area contributed by atoms with E-state index in [1.807, 2.05) is 0 Å². The third-order valence-electron chi connectivity index (χ3n) is 8.71. The molecule has 0 fully saturated rings. The van der Waals surface area contributed by atoms with Gasteiger partial charge in [0.2, 0.25) is 0 Å². The molecule has 4 N–H and O–H groups in total. The number of primary amides is 1. The van der Waals surface area contributed by atoms with Crippen LogP contribution in [0.3, 0.4) is 0 Å². The summed E-state index contributed by atoms with van der Waals surface area (Å²) in [6.07, 6.45) is -3.62. The van der Waals surface area contributed by atoms with Gasteiger partial charge in [-0.05, 0) is 61.4 Å². The molecule has 0 spiro atoms. The first-order valence-corrected chi connectivity index (χ1v) is 18.9. The number of hydrogen-bond donors (Lipinski definition) is 3. The number of benzene rings is 2. The van der Waals surface area contributed by atoms with Gasteiger partial charge in [0, 0.05) is 35.9 Å². The number of rotatable bonds is 14. The van der Waals surface area contributed by atoms with Gasteiger partial charge in [-0.2, -0.15) is 0 Å². The molecule has 0 aliphatic carbocycles. The van der Waals surface area contributed by atoms with E-state index in [9.17, 15) is 54.3 Å². The first-order valence-electron chi connectivity index (χ1n) is 18.9. The number of methoxy groups -OCH3 is 3. The van der Waals surface area contributed by atoms with Gasteiger partial charge in [0.25, 0.3) is 17.7 Å². The highest BCUT2D eigenvalue weighted by Crippen LogP contribution is 2.39. The predicted octanol–water partition coefficient (Wildman–Crippen LogP) is 8.64. The number of ether oxygens (including phenoxy) is 7. The SMILES string of the molecule is COC(=O)c1cc(NC(=O)c2c(F)cncc2Oc2ccc(OC(F)(F)F)cc2OC)c(C)cn1.COc1cc(OC(F)(F)F)ccc1Oc1cncc(F)c1C(=O)Nc1cc(C(N)=O)ncc1C. The van der Waals surface area contributed by atoms with Crippen LogP contribution in [0.2, 0.25) is 0 Å². The molecule has 4 heterocycles. The second kappa shape index (κ2) is 21.6. The number of anilines is 2. The first-order chi connectivity index (χ1) is 32.5. The quantitative estimate of drug-likeness (QED) is 0.0684. The number of hydrogen-bond acceptors (Lipinski definition) is 15. The maximum atomic E-state index is 14.6. The van der Waals surface area contributed by atoms with Crippen molar-refractivity contribution in [1.29, 1.82) is 0 Å². The number of alkyl halides is 6. The van der Waals surface area contributed by atoms with E-state index in [2.05, 4.69) is 44.8 Å². The van der Waals surface area contributed by atoms with Gasteiger partial charge < -0.3 is 49.5 Å². The molecule has 0 saturated heterocycles. The van der Waals surface area contributed by atoms with E-state index >= 15 is 0 Å². The molecule has 4 aromatic heterocycles. The van der Waals surface area contributed by atoms with E-state index in [0.29, 0.717) is 11.1 Å². The summed E-state index contributed by atoms with van der Waals surface area (Å²) in [5.41, 5.74) is 5.06. The highest BCUT2D eigenvalue weighted by atomic mass is 19.4. The molecule has 0 radical (unpaired) electrons. The number of nitrogens with two attached hydrogens (primary N) is 1. The maximum Gasteiger partial charge on any atom is 0.573 e. The van der Waals surface area contributed by atoms with Crippen LogP contribution >= 0.6 is 0 Å². The number of pyridine rings is 4. The summed E-state index contributed by atoms with van der Waals surface area (Å²) in [5.74, 6) is -8.12. The van der Waals surface area contributed by atoms with Crippen LogP contribution in [0, 0.1) is 25.5 Å². The molecule has 2 aromatic carbocycles. The molecule has 6 rings (SSSR count). The van der Waals surface area contributed by atoms with Gasteiger partial charge in [0.15, 0.2) is 46.1 Å². The van der Waals surface area contributed by atoms with Crippen LogP contribution in [0.4, 0.5) is 46.5 Å². The minimum Gasteiger partial charge on any atom is -0.493 e. The van der Waals surface area contributed by atoms with Crippen molar-refractivity contribution in [2.24, 2.45) is 5.73 Å². The monoisotopic (exact) mass is 975 g/mol. The van der Waals surface area contributed by atoms with Gasteiger partial charge in [-0.15, -0.1) is 26.3 Å². The van der Waals surface area contributed by atoms with Gasteiger partial charge >= 0.3 is 18.7 Å². The molecule has 0 unspecified atom stereocenters. The summed E-state index contributed by atoms with van der Waals surface area (Å²) in [6, 6.07) is 8.35. The lowest BCUT2D eigenvalue weighted by molar-refractivity contribution is -0.275. The molecule has 3 amide bonds. The number of nitrogens with one attached hydrogen (secondary N) is 2. The fourth-order valence-electron chi connectivity index (χ4n) is 5.56. The zero-order valence-electron chi connectivity index (χ0n) is 36.0. The summed E-state index contributed by atoms with van der Waals surface area (Å²) >= 11 is 0. The third kappa shape index (κ3) is 13.6. The first kappa shape index (κ1) is 51.1. The minimum absolute atomic E-state index is 0.0917. The maximum absolute atomic E-state index is 14.6. The van der Waals surface area contributed by atoms with E-state index in [-0.39, 0.29) is 57.3 Å². The molecule has 0 aliphatic rings. The van der Waals surface area contributed by atoms with Gasteiger partial charge in [-0.25, -0.2) is 18.6 Å². The van der Waals surface area contributed by atoms with E-state index in [0.717, 1.165) is 68.3 Å². The highest BCUT2D eigenvalue weighted by molar-refractivity contribution is 6.08. The van der Waals surface area contributed by atoms with Gasteiger partial charge in [0.05, 0.1) is 46.1 Å². The van der Waals surface area contributed by atoms with Crippen LogP contribution in [0.1, 0.15) is 52.8 Å². The lowest BCUT2D eigenvalue weighted by atomic mass is 10.1. The molecular weight excluding hydrogens is 942 g/mol. The summed E-state index contributed by atoms with van der Waals surface area (Å²) in [4.78, 5) is 63.9. The van der Waals surface area contributed by atoms with E-state index in [4.69, 9.17) is 24.7 Å². The van der Waals surface area contributed by atoms with Gasteiger partial charge in [-0.1, -0.05) is 0 Å². The Bertz CT molecular complexity index is 2900. The van der Waals surface area contributed by atoms with Crippen molar-refractivity contribution in [2.45, 2.75) is 26.6 Å². The highest BCUT2D eigenvalue weighted by Gasteiger charge is 2.33. The van der Waals surface area contributed by atoms with Crippen LogP contribution in [0.15, 0.2) is 85.7 Å². The van der Waals surface area contributed by atoms with Gasteiger partial charge in [0.1, 0.15) is 34.0 Å². The molecule has 69 heavy (non-hydrogen) atoms. The molecule has 362 valence electrons. The number of nitrogens with zero attached hydrogens (tertiary/aromatic N) is 4. The number of aromatic nitrogens is 4. The lowest BCUT2D eigenvalue weighted by Gasteiger charge is -2.16. The topological polar surface area (TPSA) is 235 Å². The summed E-state index contributed by atoms with van der Waals surface area (Å²) in [7, 11) is 3.50. The molecule has 0 saturated carbocycles. The normalized spacial score (nSPS) is 11.0. The zero-order valence-corrected chi connectivity index (χ0v) is 36.0. The predicted molar refractivity (Wildman–Crippen MR) is 222 cm³/mol. The van der Waals surface area contributed by atoms with Crippen LogP contribution in [0.25, 0.3) is 0 Å². The minimum atomic E-state index is -4.93. The summed E-state index contributed by atoms with van der Waals surface area (Å²) < 4.78 is 137. The van der Waals surface area contributed by atoms with Crippen molar-refractivity contribution in [3.05, 3.63) is 131 Å². The van der Waals surface area contributed by atoms with Crippen LogP contribution in [-0.4, -0.2) is 77.7 Å². The Morgan fingerprint density at radius 1 is 0.551 bits per heavy atom. The number of carbonyl (C=O) groups excluding carboxylic acids is 4. The Hall–Kier alpha value is -8.84. The number of aryl methyl sites for hydroxylation is 2. The second-order valence-corrected chi connectivity index (χ2v) is 13.4. The molecule has 26 heteroatoms. The van der Waals surface area contributed by atoms with Gasteiger partial charge in [-0.3, -0.25) is 29.3 Å². The van der Waals surface area contributed by atoms with Crippen molar-refractivity contribution in [1.82, 2.24) is 19.9 Å². The smallest absolute Gasteiger partial charge is 0.493 e. The summed E-state index contributed by atoms with van der Waals surface area (Å²) in [6.45, 7) is 3.18. The average molecular weight is 976 g/mol.